The Kier molecular flexibility index (Phi) is 6.35. The summed E-state index contributed by atoms with van der Waals surface area (Å²) in [7, 11) is 0. The van der Waals surface area contributed by atoms with Gasteiger partial charge in [0.1, 0.15) is 18.5 Å². The third-order valence-electron chi connectivity index (χ3n) is 6.67. The number of carbonyl (C=O) groups excluding carboxylic acids is 1. The number of rotatable bonds is 7. The number of nitrogens with one attached hydrogen (secondary N) is 1. The van der Waals surface area contributed by atoms with Gasteiger partial charge in [0.15, 0.2) is 0 Å². The summed E-state index contributed by atoms with van der Waals surface area (Å²) in [5.74, 6) is 0.709. The van der Waals surface area contributed by atoms with E-state index >= 15 is 0 Å². The summed E-state index contributed by atoms with van der Waals surface area (Å²) in [6.45, 7) is 6.73. The molecule has 0 spiro atoms. The van der Waals surface area contributed by atoms with Crippen molar-refractivity contribution < 1.29 is 19.4 Å². The van der Waals surface area contributed by atoms with E-state index in [-0.39, 0.29) is 12.6 Å². The van der Waals surface area contributed by atoms with Crippen molar-refractivity contribution in [1.82, 2.24) is 14.8 Å². The molecule has 7 heteroatoms. The zero-order valence-electron chi connectivity index (χ0n) is 19.0. The van der Waals surface area contributed by atoms with Crippen molar-refractivity contribution in [3.8, 4) is 5.75 Å². The molecule has 2 atom stereocenters. The summed E-state index contributed by atoms with van der Waals surface area (Å²) in [4.78, 5) is 19.5. The lowest BCUT2D eigenvalue weighted by molar-refractivity contribution is -0.120. The van der Waals surface area contributed by atoms with E-state index in [0.29, 0.717) is 32.1 Å². The number of hydrogen-bond acceptors (Lipinski definition) is 5. The van der Waals surface area contributed by atoms with Gasteiger partial charge in [0.25, 0.3) is 0 Å². The molecule has 7 nitrogen and oxygen atoms in total. The van der Waals surface area contributed by atoms with Crippen molar-refractivity contribution in [2.75, 3.05) is 46.0 Å². The Labute approximate surface area is 193 Å². The smallest absolute Gasteiger partial charge is 0.210 e. The van der Waals surface area contributed by atoms with Crippen molar-refractivity contribution in [3.05, 3.63) is 64.8 Å². The third-order valence-corrected chi connectivity index (χ3v) is 6.67. The number of benzene rings is 2. The molecule has 0 radical (unpaired) electrons. The van der Waals surface area contributed by atoms with Crippen molar-refractivity contribution >= 4 is 17.3 Å². The molecule has 1 amide bonds. The number of amides is 1. The van der Waals surface area contributed by atoms with E-state index in [0.717, 1.165) is 42.7 Å². The molecule has 33 heavy (non-hydrogen) atoms. The SMILES string of the molecule is Cc1ccc2[nH]c3c(c2c1)CCN(C=O)C3c1ccc(OCC(O)CN2CCOCC2)cc1. The lowest BCUT2D eigenvalue weighted by Crippen LogP contribution is -2.42. The molecule has 2 N–H and O–H groups in total. The van der Waals surface area contributed by atoms with Gasteiger partial charge in [-0.2, -0.15) is 0 Å². The molecule has 0 aliphatic carbocycles. The third kappa shape index (κ3) is 4.62. The van der Waals surface area contributed by atoms with Crippen LogP contribution in [0, 0.1) is 6.92 Å². The second-order valence-electron chi connectivity index (χ2n) is 9.01. The highest BCUT2D eigenvalue weighted by Gasteiger charge is 2.31. The van der Waals surface area contributed by atoms with Crippen LogP contribution in [0.3, 0.4) is 0 Å². The highest BCUT2D eigenvalue weighted by molar-refractivity contribution is 5.86. The average molecular weight is 450 g/mol. The molecule has 2 aromatic carbocycles. The van der Waals surface area contributed by atoms with Gasteiger partial charge >= 0.3 is 0 Å². The van der Waals surface area contributed by atoms with E-state index in [1.54, 1.807) is 0 Å². The maximum atomic E-state index is 11.9. The fraction of sp³-hybridized carbons (Fsp3) is 0.423. The molecule has 174 valence electrons. The number of H-pyrrole nitrogens is 1. The van der Waals surface area contributed by atoms with Gasteiger partial charge in [-0.15, -0.1) is 0 Å². The number of aliphatic hydroxyl groups is 1. The number of ether oxygens (including phenoxy) is 2. The van der Waals surface area contributed by atoms with E-state index in [2.05, 4.69) is 35.0 Å². The number of aromatic nitrogens is 1. The van der Waals surface area contributed by atoms with Crippen LogP contribution in [-0.4, -0.2) is 78.4 Å². The molecular weight excluding hydrogens is 418 g/mol. The molecule has 0 bridgehead atoms. The standard InChI is InChI=1S/C26H31N3O4/c1-18-2-7-24-23(14-18)22-8-9-29(17-30)26(25(22)27-24)19-3-5-21(6-4-19)33-16-20(31)15-28-10-12-32-13-11-28/h2-7,14,17,20,26-27,31H,8-13,15-16H2,1H3. The van der Waals surface area contributed by atoms with Crippen LogP contribution in [0.4, 0.5) is 0 Å². The second-order valence-corrected chi connectivity index (χ2v) is 9.01. The van der Waals surface area contributed by atoms with Gasteiger partial charge in [0.2, 0.25) is 6.41 Å². The van der Waals surface area contributed by atoms with Gasteiger partial charge in [-0.3, -0.25) is 9.69 Å². The summed E-state index contributed by atoms with van der Waals surface area (Å²) in [6, 6.07) is 14.1. The average Bonchev–Trinajstić information content (AvgIpc) is 3.21. The first-order valence-corrected chi connectivity index (χ1v) is 11.7. The minimum absolute atomic E-state index is 0.153. The number of morpholine rings is 1. The number of β-amino-alcohol motifs (C(OH)–C–C–N with tert-alkyl or cyclic N) is 1. The molecule has 1 saturated heterocycles. The minimum Gasteiger partial charge on any atom is -0.491 e. The number of aryl methyl sites for hydroxylation is 1. The highest BCUT2D eigenvalue weighted by Crippen LogP contribution is 2.38. The molecule has 2 aliphatic heterocycles. The Morgan fingerprint density at radius 3 is 2.73 bits per heavy atom. The first kappa shape index (κ1) is 21.9. The molecule has 5 rings (SSSR count). The molecule has 2 unspecified atom stereocenters. The van der Waals surface area contributed by atoms with Gasteiger partial charge in [-0.25, -0.2) is 0 Å². The van der Waals surface area contributed by atoms with Crippen molar-refractivity contribution in [2.24, 2.45) is 0 Å². The van der Waals surface area contributed by atoms with E-state index in [4.69, 9.17) is 9.47 Å². The second kappa shape index (κ2) is 9.55. The van der Waals surface area contributed by atoms with Crippen molar-refractivity contribution in [1.29, 1.82) is 0 Å². The van der Waals surface area contributed by atoms with Crippen LogP contribution in [0.15, 0.2) is 42.5 Å². The predicted octanol–water partition coefficient (Wildman–Crippen LogP) is 2.65. The van der Waals surface area contributed by atoms with Crippen LogP contribution in [0.1, 0.15) is 28.4 Å². The first-order chi connectivity index (χ1) is 16.1. The van der Waals surface area contributed by atoms with Gasteiger partial charge in [-0.1, -0.05) is 23.8 Å². The molecule has 1 aromatic heterocycles. The zero-order valence-corrected chi connectivity index (χ0v) is 19.0. The Bertz CT molecular complexity index is 1100. The number of nitrogens with zero attached hydrogens (tertiary/aromatic N) is 2. The number of aromatic amines is 1. The molecule has 2 aliphatic rings. The molecular formula is C26H31N3O4. The normalized spacial score (nSPS) is 19.9. The van der Waals surface area contributed by atoms with Gasteiger partial charge in [0, 0.05) is 42.8 Å². The Morgan fingerprint density at radius 2 is 1.97 bits per heavy atom. The quantitative estimate of drug-likeness (QED) is 0.543. The van der Waals surface area contributed by atoms with Crippen LogP contribution in [0.2, 0.25) is 0 Å². The maximum Gasteiger partial charge on any atom is 0.210 e. The zero-order chi connectivity index (χ0) is 22.8. The van der Waals surface area contributed by atoms with E-state index in [9.17, 15) is 9.90 Å². The number of fused-ring (bicyclic) bond motifs is 3. The lowest BCUT2D eigenvalue weighted by Gasteiger charge is -2.33. The largest absolute Gasteiger partial charge is 0.491 e. The van der Waals surface area contributed by atoms with Crippen molar-refractivity contribution in [2.45, 2.75) is 25.5 Å². The van der Waals surface area contributed by atoms with Gasteiger partial charge < -0.3 is 24.5 Å². The van der Waals surface area contributed by atoms with Crippen LogP contribution < -0.4 is 4.74 Å². The fourth-order valence-electron chi connectivity index (χ4n) is 4.97. The van der Waals surface area contributed by atoms with Crippen LogP contribution in [0.5, 0.6) is 5.75 Å². The van der Waals surface area contributed by atoms with Crippen LogP contribution in [0.25, 0.3) is 10.9 Å². The molecule has 3 heterocycles. The van der Waals surface area contributed by atoms with Crippen LogP contribution in [-0.2, 0) is 16.0 Å². The first-order valence-electron chi connectivity index (χ1n) is 11.7. The van der Waals surface area contributed by atoms with Crippen molar-refractivity contribution in [3.63, 3.8) is 0 Å². The lowest BCUT2D eigenvalue weighted by atomic mass is 9.92. The summed E-state index contributed by atoms with van der Waals surface area (Å²) in [5.41, 5.74) is 5.76. The number of carbonyl (C=O) groups is 1. The highest BCUT2D eigenvalue weighted by atomic mass is 16.5. The summed E-state index contributed by atoms with van der Waals surface area (Å²) < 4.78 is 11.2. The number of aliphatic hydroxyl groups excluding tert-OH is 1. The Morgan fingerprint density at radius 1 is 1.18 bits per heavy atom. The minimum atomic E-state index is -0.552. The monoisotopic (exact) mass is 449 g/mol. The Hall–Kier alpha value is -2.87. The summed E-state index contributed by atoms with van der Waals surface area (Å²) in [5, 5.41) is 11.6. The maximum absolute atomic E-state index is 11.9. The van der Waals surface area contributed by atoms with E-state index < -0.39 is 6.10 Å². The fourth-order valence-corrected chi connectivity index (χ4v) is 4.97. The molecule has 3 aromatic rings. The Balaban J connectivity index is 1.31. The summed E-state index contributed by atoms with van der Waals surface area (Å²) in [6.07, 6.45) is 1.23. The molecule has 0 saturated carbocycles. The van der Waals surface area contributed by atoms with Gasteiger partial charge in [-0.05, 0) is 48.7 Å². The van der Waals surface area contributed by atoms with Gasteiger partial charge in [0.05, 0.1) is 19.3 Å². The van der Waals surface area contributed by atoms with E-state index in [1.165, 1.54) is 16.5 Å². The summed E-state index contributed by atoms with van der Waals surface area (Å²) >= 11 is 0. The topological polar surface area (TPSA) is 78.0 Å². The molecule has 1 fully saturated rings. The van der Waals surface area contributed by atoms with E-state index in [1.807, 2.05) is 29.2 Å². The number of hydrogen-bond donors (Lipinski definition) is 2. The van der Waals surface area contributed by atoms with Crippen LogP contribution >= 0.6 is 0 Å². The predicted molar refractivity (Wildman–Crippen MR) is 127 cm³/mol.